The van der Waals surface area contributed by atoms with Crippen LogP contribution in [0.5, 0.6) is 0 Å². The quantitative estimate of drug-likeness (QED) is 0.850. The molecule has 1 heterocycles. The van der Waals surface area contributed by atoms with Crippen molar-refractivity contribution in [1.29, 1.82) is 0 Å². The first-order chi connectivity index (χ1) is 7.75. The van der Waals surface area contributed by atoms with Gasteiger partial charge in [-0.05, 0) is 11.6 Å². The Hall–Kier alpha value is -1.13. The summed E-state index contributed by atoms with van der Waals surface area (Å²) in [7, 11) is 0. The van der Waals surface area contributed by atoms with E-state index in [1.165, 1.54) is 6.07 Å². The molecule has 0 bridgehead atoms. The van der Waals surface area contributed by atoms with E-state index in [4.69, 9.17) is 0 Å². The molecule has 1 amide bonds. The third-order valence-corrected chi connectivity index (χ3v) is 2.76. The van der Waals surface area contributed by atoms with Gasteiger partial charge >= 0.3 is 0 Å². The van der Waals surface area contributed by atoms with E-state index in [9.17, 15) is 9.18 Å². The summed E-state index contributed by atoms with van der Waals surface area (Å²) in [6.07, 6.45) is 0.118. The van der Waals surface area contributed by atoms with E-state index in [1.807, 2.05) is 0 Å². The first kappa shape index (κ1) is 13.9. The van der Waals surface area contributed by atoms with E-state index < -0.39 is 0 Å². The first-order valence-corrected chi connectivity index (χ1v) is 5.46. The molecule has 1 aromatic rings. The van der Waals surface area contributed by atoms with Gasteiger partial charge in [0.25, 0.3) is 0 Å². The molecule has 0 spiro atoms. The maximum atomic E-state index is 13.2. The van der Waals surface area contributed by atoms with Crippen LogP contribution in [0.15, 0.2) is 24.3 Å². The van der Waals surface area contributed by atoms with Gasteiger partial charge in [0.15, 0.2) is 0 Å². The van der Waals surface area contributed by atoms with E-state index in [-0.39, 0.29) is 30.6 Å². The summed E-state index contributed by atoms with van der Waals surface area (Å²) in [5, 5.41) is 5.95. The molecule has 2 N–H and O–H groups in total. The zero-order valence-corrected chi connectivity index (χ0v) is 10.2. The fourth-order valence-corrected chi connectivity index (χ4v) is 1.63. The van der Waals surface area contributed by atoms with Crippen LogP contribution in [0.3, 0.4) is 0 Å². The van der Waals surface area contributed by atoms with E-state index in [0.717, 1.165) is 13.1 Å². The molecule has 3 nitrogen and oxygen atoms in total. The lowest BCUT2D eigenvalue weighted by molar-refractivity contribution is -0.120. The summed E-state index contributed by atoms with van der Waals surface area (Å²) in [5.41, 5.74) is 0.451. The third kappa shape index (κ3) is 3.98. The second-order valence-electron chi connectivity index (χ2n) is 4.10. The van der Waals surface area contributed by atoms with Crippen molar-refractivity contribution < 1.29 is 9.18 Å². The summed E-state index contributed by atoms with van der Waals surface area (Å²) in [4.78, 5) is 11.5. The highest BCUT2D eigenvalue weighted by Crippen LogP contribution is 2.07. The number of hydrogen-bond donors (Lipinski definition) is 2. The van der Waals surface area contributed by atoms with Crippen molar-refractivity contribution in [3.63, 3.8) is 0 Å². The molecule has 0 aliphatic carbocycles. The van der Waals surface area contributed by atoms with Crippen molar-refractivity contribution in [3.05, 3.63) is 35.6 Å². The Labute approximate surface area is 106 Å². The predicted octanol–water partition coefficient (Wildman–Crippen LogP) is 1.13. The molecular weight excluding hydrogens is 243 g/mol. The van der Waals surface area contributed by atoms with Crippen LogP contribution in [0.4, 0.5) is 4.39 Å². The number of nitrogens with one attached hydrogen (secondary N) is 2. The summed E-state index contributed by atoms with van der Waals surface area (Å²) in [6.45, 7) is 2.60. The Morgan fingerprint density at radius 1 is 1.41 bits per heavy atom. The number of hydrogen-bond acceptors (Lipinski definition) is 2. The molecule has 1 aliphatic heterocycles. The van der Waals surface area contributed by atoms with Crippen LogP contribution in [0.25, 0.3) is 0 Å². The normalized spacial score (nSPS) is 14.6. The second-order valence-corrected chi connectivity index (χ2v) is 4.10. The lowest BCUT2D eigenvalue weighted by atomic mass is 10.0. The molecule has 1 aliphatic rings. The van der Waals surface area contributed by atoms with Gasteiger partial charge in [-0.15, -0.1) is 12.4 Å². The molecule has 94 valence electrons. The lowest BCUT2D eigenvalue weighted by Gasteiger charge is -2.27. The van der Waals surface area contributed by atoms with Crippen LogP contribution in [0.1, 0.15) is 5.56 Å². The monoisotopic (exact) mass is 258 g/mol. The van der Waals surface area contributed by atoms with E-state index >= 15 is 0 Å². The lowest BCUT2D eigenvalue weighted by Crippen LogP contribution is -2.48. The molecule has 0 unspecified atom stereocenters. The van der Waals surface area contributed by atoms with Gasteiger partial charge in [0.2, 0.25) is 5.91 Å². The molecule has 2 rings (SSSR count). The van der Waals surface area contributed by atoms with Crippen molar-refractivity contribution in [2.24, 2.45) is 5.92 Å². The van der Waals surface area contributed by atoms with Crippen molar-refractivity contribution in [1.82, 2.24) is 10.6 Å². The predicted molar refractivity (Wildman–Crippen MR) is 66.7 cm³/mol. The van der Waals surface area contributed by atoms with Crippen LogP contribution < -0.4 is 10.6 Å². The van der Waals surface area contributed by atoms with Gasteiger partial charge in [-0.25, -0.2) is 4.39 Å². The molecule has 0 aromatic heterocycles. The average Bonchev–Trinajstić information content (AvgIpc) is 2.19. The van der Waals surface area contributed by atoms with Gasteiger partial charge in [-0.3, -0.25) is 4.79 Å². The van der Waals surface area contributed by atoms with Crippen molar-refractivity contribution >= 4 is 18.3 Å². The van der Waals surface area contributed by atoms with Gasteiger partial charge in [-0.2, -0.15) is 0 Å². The molecule has 0 atom stereocenters. The number of benzene rings is 1. The zero-order chi connectivity index (χ0) is 11.4. The first-order valence-electron chi connectivity index (χ1n) is 5.46. The van der Waals surface area contributed by atoms with E-state index in [0.29, 0.717) is 18.0 Å². The van der Waals surface area contributed by atoms with Crippen molar-refractivity contribution in [2.75, 3.05) is 19.6 Å². The summed E-state index contributed by atoms with van der Waals surface area (Å²) >= 11 is 0. The summed E-state index contributed by atoms with van der Waals surface area (Å²) < 4.78 is 13.2. The van der Waals surface area contributed by atoms with Gasteiger partial charge in [0, 0.05) is 25.6 Å². The average molecular weight is 259 g/mol. The number of carbonyl (C=O) groups excluding carboxylic acids is 1. The SMILES string of the molecule is Cl.O=C(Cc1ccccc1F)NCC1CNC1. The molecule has 5 heteroatoms. The highest BCUT2D eigenvalue weighted by molar-refractivity contribution is 5.85. The van der Waals surface area contributed by atoms with Crippen LogP contribution in [0, 0.1) is 11.7 Å². The smallest absolute Gasteiger partial charge is 0.224 e. The standard InChI is InChI=1S/C12H15FN2O.ClH/c13-11-4-2-1-3-10(11)5-12(16)15-8-9-6-14-7-9;/h1-4,9,14H,5-8H2,(H,15,16);1H. The molecule has 1 aromatic carbocycles. The Morgan fingerprint density at radius 2 is 2.12 bits per heavy atom. The molecule has 0 radical (unpaired) electrons. The Balaban J connectivity index is 0.00000144. The Kier molecular flexibility index (Phi) is 5.38. The van der Waals surface area contributed by atoms with Gasteiger partial charge < -0.3 is 10.6 Å². The molecular formula is C12H16ClFN2O. The van der Waals surface area contributed by atoms with E-state index in [2.05, 4.69) is 10.6 Å². The number of rotatable bonds is 4. The van der Waals surface area contributed by atoms with Crippen molar-refractivity contribution in [2.45, 2.75) is 6.42 Å². The van der Waals surface area contributed by atoms with Crippen molar-refractivity contribution in [3.8, 4) is 0 Å². The fraction of sp³-hybridized carbons (Fsp3) is 0.417. The van der Waals surface area contributed by atoms with Crippen LogP contribution in [0.2, 0.25) is 0 Å². The van der Waals surface area contributed by atoms with Gasteiger partial charge in [0.1, 0.15) is 5.82 Å². The van der Waals surface area contributed by atoms with Crippen LogP contribution >= 0.6 is 12.4 Å². The highest BCUT2D eigenvalue weighted by atomic mass is 35.5. The highest BCUT2D eigenvalue weighted by Gasteiger charge is 2.17. The molecule has 1 fully saturated rings. The van der Waals surface area contributed by atoms with Crippen LogP contribution in [-0.4, -0.2) is 25.5 Å². The largest absolute Gasteiger partial charge is 0.355 e. The van der Waals surface area contributed by atoms with E-state index in [1.54, 1.807) is 18.2 Å². The minimum atomic E-state index is -0.317. The summed E-state index contributed by atoms with van der Waals surface area (Å²) in [5.74, 6) is 0.101. The molecule has 17 heavy (non-hydrogen) atoms. The van der Waals surface area contributed by atoms with Gasteiger partial charge in [0.05, 0.1) is 6.42 Å². The maximum absolute atomic E-state index is 13.2. The minimum Gasteiger partial charge on any atom is -0.355 e. The van der Waals surface area contributed by atoms with Gasteiger partial charge in [-0.1, -0.05) is 18.2 Å². The minimum absolute atomic E-state index is 0. The maximum Gasteiger partial charge on any atom is 0.224 e. The molecule has 0 saturated carbocycles. The fourth-order valence-electron chi connectivity index (χ4n) is 1.63. The Bertz CT molecular complexity index is 383. The zero-order valence-electron chi connectivity index (χ0n) is 9.41. The number of carbonyl (C=O) groups is 1. The third-order valence-electron chi connectivity index (χ3n) is 2.76. The topological polar surface area (TPSA) is 41.1 Å². The molecule has 1 saturated heterocycles. The van der Waals surface area contributed by atoms with Crippen LogP contribution in [-0.2, 0) is 11.2 Å². The number of halogens is 2. The number of amides is 1. The summed E-state index contributed by atoms with van der Waals surface area (Å²) in [6, 6.07) is 6.37. The second kappa shape index (κ2) is 6.57. The Morgan fingerprint density at radius 3 is 2.71 bits per heavy atom.